The third-order valence-corrected chi connectivity index (χ3v) is 6.53. The predicted octanol–water partition coefficient (Wildman–Crippen LogP) is -0.105. The van der Waals surface area contributed by atoms with Crippen LogP contribution in [0.5, 0.6) is 0 Å². The van der Waals surface area contributed by atoms with Crippen LogP contribution in [0.2, 0.25) is 0 Å². The van der Waals surface area contributed by atoms with Gasteiger partial charge in [0.2, 0.25) is 10.0 Å². The van der Waals surface area contributed by atoms with Crippen molar-refractivity contribution in [1.82, 2.24) is 4.72 Å². The molecule has 1 fully saturated rings. The second-order valence-corrected chi connectivity index (χ2v) is 8.44. The third kappa shape index (κ3) is 3.98. The fourth-order valence-electron chi connectivity index (χ4n) is 1.71. The van der Waals surface area contributed by atoms with Crippen LogP contribution in [0.1, 0.15) is 26.2 Å². The first-order chi connectivity index (χ1) is 7.80. The van der Waals surface area contributed by atoms with E-state index in [1.54, 1.807) is 6.92 Å². The molecule has 0 radical (unpaired) electrons. The van der Waals surface area contributed by atoms with Gasteiger partial charge in [0.25, 0.3) is 0 Å². The molecule has 0 saturated carbocycles. The van der Waals surface area contributed by atoms with Gasteiger partial charge in [-0.2, -0.15) is 0 Å². The zero-order valence-electron chi connectivity index (χ0n) is 9.72. The van der Waals surface area contributed by atoms with Crippen LogP contribution in [-0.4, -0.2) is 39.6 Å². The van der Waals surface area contributed by atoms with Gasteiger partial charge in [-0.1, -0.05) is 12.8 Å². The van der Waals surface area contributed by atoms with E-state index in [1.165, 1.54) is 0 Å². The average molecular weight is 279 g/mol. The lowest BCUT2D eigenvalue weighted by atomic mass is 10.2. The first-order valence-electron chi connectivity index (χ1n) is 5.48. The molecule has 0 aliphatic carbocycles. The molecule has 1 N–H and O–H groups in total. The molecule has 1 unspecified atom stereocenters. The molecular formula is C10H17NO4S2. The normalized spacial score (nSPS) is 22.8. The van der Waals surface area contributed by atoms with Crippen molar-refractivity contribution in [1.29, 1.82) is 0 Å². The van der Waals surface area contributed by atoms with Crippen LogP contribution < -0.4 is 4.72 Å². The van der Waals surface area contributed by atoms with Crippen molar-refractivity contribution in [3.05, 3.63) is 0 Å². The van der Waals surface area contributed by atoms with Gasteiger partial charge in [0.05, 0.1) is 22.8 Å². The SMILES string of the molecule is C#CC(CC)NS(=O)(=O)C1CCS(=O)(=O)CC1. The molecule has 0 aromatic heterocycles. The lowest BCUT2D eigenvalue weighted by Gasteiger charge is -2.23. The van der Waals surface area contributed by atoms with Gasteiger partial charge in [0.15, 0.2) is 0 Å². The van der Waals surface area contributed by atoms with E-state index in [0.717, 1.165) is 0 Å². The molecule has 98 valence electrons. The number of sulfone groups is 1. The minimum Gasteiger partial charge on any atom is -0.229 e. The molecule has 0 spiro atoms. The maximum atomic E-state index is 11.9. The van der Waals surface area contributed by atoms with Gasteiger partial charge < -0.3 is 0 Å². The molecule has 1 aliphatic heterocycles. The van der Waals surface area contributed by atoms with Gasteiger partial charge in [-0.15, -0.1) is 6.42 Å². The molecule has 1 heterocycles. The fourth-order valence-corrected chi connectivity index (χ4v) is 5.18. The molecule has 0 bridgehead atoms. The van der Waals surface area contributed by atoms with Gasteiger partial charge in [-0.05, 0) is 19.3 Å². The predicted molar refractivity (Wildman–Crippen MR) is 66.6 cm³/mol. The van der Waals surface area contributed by atoms with Crippen molar-refractivity contribution in [3.8, 4) is 12.3 Å². The van der Waals surface area contributed by atoms with Crippen molar-refractivity contribution in [2.45, 2.75) is 37.5 Å². The Hall–Kier alpha value is -0.580. The largest absolute Gasteiger partial charge is 0.229 e. The van der Waals surface area contributed by atoms with Crippen molar-refractivity contribution < 1.29 is 16.8 Å². The maximum Gasteiger partial charge on any atom is 0.215 e. The Morgan fingerprint density at radius 3 is 2.35 bits per heavy atom. The monoisotopic (exact) mass is 279 g/mol. The van der Waals surface area contributed by atoms with Crippen LogP contribution in [0.4, 0.5) is 0 Å². The van der Waals surface area contributed by atoms with E-state index in [9.17, 15) is 16.8 Å². The number of terminal acetylenes is 1. The summed E-state index contributed by atoms with van der Waals surface area (Å²) in [5, 5.41) is -0.645. The Morgan fingerprint density at radius 1 is 1.41 bits per heavy atom. The Labute approximate surface area is 103 Å². The zero-order chi connectivity index (χ0) is 13.1. The number of hydrogen-bond acceptors (Lipinski definition) is 4. The van der Waals surface area contributed by atoms with Gasteiger partial charge in [0.1, 0.15) is 9.84 Å². The van der Waals surface area contributed by atoms with E-state index >= 15 is 0 Å². The highest BCUT2D eigenvalue weighted by Crippen LogP contribution is 2.19. The van der Waals surface area contributed by atoms with Crippen molar-refractivity contribution >= 4 is 19.9 Å². The van der Waals surface area contributed by atoms with Crippen LogP contribution in [-0.2, 0) is 19.9 Å². The number of nitrogens with one attached hydrogen (secondary N) is 1. The first kappa shape index (κ1) is 14.5. The molecule has 1 aliphatic rings. The molecular weight excluding hydrogens is 262 g/mol. The van der Waals surface area contributed by atoms with Crippen molar-refractivity contribution in [2.75, 3.05) is 11.5 Å². The fraction of sp³-hybridized carbons (Fsp3) is 0.800. The van der Waals surface area contributed by atoms with Crippen molar-refractivity contribution in [2.24, 2.45) is 0 Å². The van der Waals surface area contributed by atoms with E-state index in [2.05, 4.69) is 10.6 Å². The smallest absolute Gasteiger partial charge is 0.215 e. The standard InChI is InChI=1S/C10H17NO4S2/c1-3-9(4-2)11-17(14,15)10-5-7-16(12,13)8-6-10/h1,9-11H,4-8H2,2H3. The number of rotatable bonds is 4. The maximum absolute atomic E-state index is 11.9. The molecule has 1 atom stereocenters. The summed E-state index contributed by atoms with van der Waals surface area (Å²) in [6, 6.07) is -0.515. The van der Waals surface area contributed by atoms with E-state index in [0.29, 0.717) is 6.42 Å². The molecule has 17 heavy (non-hydrogen) atoms. The highest BCUT2D eigenvalue weighted by atomic mass is 32.2. The second-order valence-electron chi connectivity index (χ2n) is 4.14. The van der Waals surface area contributed by atoms with E-state index in [-0.39, 0.29) is 24.3 Å². The van der Waals surface area contributed by atoms with Crippen LogP contribution >= 0.6 is 0 Å². The summed E-state index contributed by atoms with van der Waals surface area (Å²) in [6.07, 6.45) is 6.01. The minimum atomic E-state index is -3.51. The zero-order valence-corrected chi connectivity index (χ0v) is 11.4. The molecule has 5 nitrogen and oxygen atoms in total. The quantitative estimate of drug-likeness (QED) is 0.728. The topological polar surface area (TPSA) is 80.3 Å². The van der Waals surface area contributed by atoms with Crippen molar-refractivity contribution in [3.63, 3.8) is 0 Å². The van der Waals surface area contributed by atoms with Crippen LogP contribution in [0.3, 0.4) is 0 Å². The highest BCUT2D eigenvalue weighted by molar-refractivity contribution is 7.92. The Morgan fingerprint density at radius 2 is 1.94 bits per heavy atom. The van der Waals surface area contributed by atoms with Gasteiger partial charge in [-0.25, -0.2) is 21.6 Å². The first-order valence-corrected chi connectivity index (χ1v) is 8.85. The second kappa shape index (κ2) is 5.38. The molecule has 0 aromatic carbocycles. The van der Waals surface area contributed by atoms with Gasteiger partial charge >= 0.3 is 0 Å². The van der Waals surface area contributed by atoms with E-state index in [4.69, 9.17) is 6.42 Å². The Bertz CT molecular complexity index is 487. The third-order valence-electron chi connectivity index (χ3n) is 2.86. The molecule has 1 rings (SSSR count). The molecule has 1 saturated heterocycles. The van der Waals surface area contributed by atoms with Crippen LogP contribution in [0, 0.1) is 12.3 Å². The van der Waals surface area contributed by atoms with Gasteiger partial charge in [-0.3, -0.25) is 0 Å². The van der Waals surface area contributed by atoms with E-state index < -0.39 is 31.2 Å². The molecule has 7 heteroatoms. The lowest BCUT2D eigenvalue weighted by Crippen LogP contribution is -2.43. The minimum absolute atomic E-state index is 0.0641. The number of hydrogen-bond donors (Lipinski definition) is 1. The summed E-state index contributed by atoms with van der Waals surface area (Å²) >= 11 is 0. The summed E-state index contributed by atoms with van der Waals surface area (Å²) in [5.74, 6) is 2.23. The molecule has 0 aromatic rings. The van der Waals surface area contributed by atoms with Gasteiger partial charge in [0, 0.05) is 0 Å². The Balaban J connectivity index is 2.70. The summed E-state index contributed by atoms with van der Waals surface area (Å²) < 4.78 is 48.7. The Kier molecular flexibility index (Phi) is 4.58. The number of sulfonamides is 1. The highest BCUT2D eigenvalue weighted by Gasteiger charge is 2.33. The van der Waals surface area contributed by atoms with E-state index in [1.807, 2.05) is 0 Å². The average Bonchev–Trinajstić information content (AvgIpc) is 2.25. The van der Waals surface area contributed by atoms with Crippen LogP contribution in [0.15, 0.2) is 0 Å². The summed E-state index contributed by atoms with van der Waals surface area (Å²) in [4.78, 5) is 0. The summed E-state index contributed by atoms with van der Waals surface area (Å²) in [6.45, 7) is 1.79. The van der Waals surface area contributed by atoms with Crippen LogP contribution in [0.25, 0.3) is 0 Å². The summed E-state index contributed by atoms with van der Waals surface area (Å²) in [5.41, 5.74) is 0. The lowest BCUT2D eigenvalue weighted by molar-refractivity contribution is 0.535. The molecule has 0 amide bonds. The summed E-state index contributed by atoms with van der Waals surface area (Å²) in [7, 11) is -6.56.